The quantitative estimate of drug-likeness (QED) is 0.553. The van der Waals surface area contributed by atoms with Gasteiger partial charge in [-0.05, 0) is 11.6 Å². The van der Waals surface area contributed by atoms with Gasteiger partial charge in [0.15, 0.2) is 0 Å². The van der Waals surface area contributed by atoms with Crippen LogP contribution in [0.5, 0.6) is 5.88 Å². The summed E-state index contributed by atoms with van der Waals surface area (Å²) in [4.78, 5) is 7.80. The minimum atomic E-state index is 0.109. The summed E-state index contributed by atoms with van der Waals surface area (Å²) in [6.45, 7) is 0.384. The van der Waals surface area contributed by atoms with Crippen LogP contribution in [0.1, 0.15) is 5.56 Å². The fourth-order valence-corrected chi connectivity index (χ4v) is 1.47. The zero-order valence-corrected chi connectivity index (χ0v) is 10.3. The molecule has 0 atom stereocenters. The summed E-state index contributed by atoms with van der Waals surface area (Å²) in [6, 6.07) is 11.5. The third-order valence-electron chi connectivity index (χ3n) is 2.31. The second-order valence-corrected chi connectivity index (χ2v) is 3.72. The number of rotatable bonds is 5. The van der Waals surface area contributed by atoms with Crippen molar-refractivity contribution in [3.05, 3.63) is 48.0 Å². The van der Waals surface area contributed by atoms with E-state index in [2.05, 4.69) is 15.4 Å². The monoisotopic (exact) mass is 257 g/mol. The minimum absolute atomic E-state index is 0.109. The fraction of sp³-hybridized carbons (Fsp3) is 0.0769. The molecule has 0 fully saturated rings. The van der Waals surface area contributed by atoms with Gasteiger partial charge in [-0.3, -0.25) is 0 Å². The lowest BCUT2D eigenvalue weighted by molar-refractivity contribution is 0.349. The van der Waals surface area contributed by atoms with Gasteiger partial charge in [-0.25, -0.2) is 5.84 Å². The molecule has 0 amide bonds. The molecule has 5 N–H and O–H groups in total. The van der Waals surface area contributed by atoms with E-state index in [4.69, 9.17) is 16.3 Å². The summed E-state index contributed by atoms with van der Waals surface area (Å²) < 4.78 is 5.44. The third kappa shape index (κ3) is 3.97. The lowest BCUT2D eigenvalue weighted by Crippen LogP contribution is -2.11. The van der Waals surface area contributed by atoms with Gasteiger partial charge in [0.2, 0.25) is 11.8 Å². The molecule has 0 saturated carbocycles. The van der Waals surface area contributed by atoms with Crippen molar-refractivity contribution in [2.45, 2.75) is 0 Å². The Labute approximate surface area is 111 Å². The van der Waals surface area contributed by atoms with E-state index in [1.807, 2.05) is 42.5 Å². The number of nitrogen functional groups attached to an aromatic ring is 2. The normalized spacial score (nSPS) is 10.6. The molecule has 0 saturated heterocycles. The maximum atomic E-state index is 5.51. The highest BCUT2D eigenvalue weighted by Gasteiger charge is 2.01. The van der Waals surface area contributed by atoms with Crippen LogP contribution >= 0.6 is 0 Å². The molecule has 0 spiro atoms. The van der Waals surface area contributed by atoms with E-state index >= 15 is 0 Å². The van der Waals surface area contributed by atoms with Gasteiger partial charge in [0.05, 0.1) is 0 Å². The van der Waals surface area contributed by atoms with Gasteiger partial charge in [-0.15, -0.1) is 0 Å². The lowest BCUT2D eigenvalue weighted by Gasteiger charge is -2.05. The zero-order valence-electron chi connectivity index (χ0n) is 10.3. The van der Waals surface area contributed by atoms with Crippen molar-refractivity contribution in [1.29, 1.82) is 0 Å². The molecule has 1 aromatic carbocycles. The van der Waals surface area contributed by atoms with Crippen LogP contribution in [0.25, 0.3) is 6.08 Å². The second kappa shape index (κ2) is 6.36. The van der Waals surface area contributed by atoms with Crippen LogP contribution in [-0.4, -0.2) is 16.6 Å². The Hall–Kier alpha value is -2.60. The van der Waals surface area contributed by atoms with Crippen molar-refractivity contribution in [2.75, 3.05) is 17.8 Å². The van der Waals surface area contributed by atoms with Crippen LogP contribution in [0.15, 0.2) is 42.5 Å². The summed E-state index contributed by atoms with van der Waals surface area (Å²) in [5, 5.41) is 0. The smallest absolute Gasteiger partial charge is 0.225 e. The average molecular weight is 257 g/mol. The lowest BCUT2D eigenvalue weighted by atomic mass is 10.2. The fourth-order valence-electron chi connectivity index (χ4n) is 1.47. The number of nitrogens with zero attached hydrogens (tertiary/aromatic N) is 2. The van der Waals surface area contributed by atoms with Gasteiger partial charge >= 0.3 is 0 Å². The molecular formula is C13H15N5O. The van der Waals surface area contributed by atoms with E-state index in [1.165, 1.54) is 0 Å². The van der Waals surface area contributed by atoms with E-state index in [0.29, 0.717) is 18.3 Å². The second-order valence-electron chi connectivity index (χ2n) is 3.72. The van der Waals surface area contributed by atoms with Crippen molar-refractivity contribution >= 4 is 17.8 Å². The van der Waals surface area contributed by atoms with E-state index in [9.17, 15) is 0 Å². The Kier molecular flexibility index (Phi) is 4.30. The molecule has 2 aromatic rings. The first kappa shape index (κ1) is 12.8. The minimum Gasteiger partial charge on any atom is -0.473 e. The maximum absolute atomic E-state index is 5.51. The van der Waals surface area contributed by atoms with Crippen molar-refractivity contribution < 1.29 is 4.74 Å². The van der Waals surface area contributed by atoms with Crippen molar-refractivity contribution in [1.82, 2.24) is 9.97 Å². The Morgan fingerprint density at radius 2 is 2.00 bits per heavy atom. The summed E-state index contributed by atoms with van der Waals surface area (Å²) in [5.41, 5.74) is 9.02. The van der Waals surface area contributed by atoms with E-state index < -0.39 is 0 Å². The first-order valence-electron chi connectivity index (χ1n) is 5.73. The molecule has 0 aliphatic carbocycles. The number of benzene rings is 1. The summed E-state index contributed by atoms with van der Waals surface area (Å²) in [6.07, 6.45) is 3.86. The number of nitrogens with two attached hydrogens (primary N) is 2. The van der Waals surface area contributed by atoms with Gasteiger partial charge in [-0.1, -0.05) is 36.4 Å². The van der Waals surface area contributed by atoms with Crippen LogP contribution in [0.4, 0.5) is 11.8 Å². The van der Waals surface area contributed by atoms with E-state index in [-0.39, 0.29) is 5.95 Å². The Morgan fingerprint density at radius 3 is 2.74 bits per heavy atom. The first-order chi connectivity index (χ1) is 9.28. The molecular weight excluding hydrogens is 242 g/mol. The summed E-state index contributed by atoms with van der Waals surface area (Å²) in [7, 11) is 0. The average Bonchev–Trinajstić information content (AvgIpc) is 2.44. The highest BCUT2D eigenvalue weighted by Crippen LogP contribution is 2.13. The predicted molar refractivity (Wildman–Crippen MR) is 75.2 cm³/mol. The van der Waals surface area contributed by atoms with Gasteiger partial charge in [0.1, 0.15) is 12.4 Å². The molecule has 6 heteroatoms. The molecule has 0 aliphatic heterocycles. The topological polar surface area (TPSA) is 99.1 Å². The first-order valence-corrected chi connectivity index (χ1v) is 5.73. The highest BCUT2D eigenvalue weighted by molar-refractivity contribution is 5.48. The number of hydrogen-bond acceptors (Lipinski definition) is 6. The van der Waals surface area contributed by atoms with Crippen molar-refractivity contribution in [2.24, 2.45) is 5.84 Å². The van der Waals surface area contributed by atoms with Crippen LogP contribution < -0.4 is 21.7 Å². The molecule has 98 valence electrons. The van der Waals surface area contributed by atoms with Crippen LogP contribution in [0.3, 0.4) is 0 Å². The van der Waals surface area contributed by atoms with Crippen LogP contribution in [0, 0.1) is 0 Å². The number of nitrogens with one attached hydrogen (secondary N) is 1. The largest absolute Gasteiger partial charge is 0.473 e. The molecule has 6 nitrogen and oxygen atoms in total. The Balaban J connectivity index is 1.92. The van der Waals surface area contributed by atoms with Crippen LogP contribution in [0.2, 0.25) is 0 Å². The maximum Gasteiger partial charge on any atom is 0.225 e. The molecule has 0 unspecified atom stereocenters. The number of hydrogen-bond donors (Lipinski definition) is 3. The van der Waals surface area contributed by atoms with Gasteiger partial charge in [0, 0.05) is 6.07 Å². The van der Waals surface area contributed by atoms with Crippen molar-refractivity contribution in [3.63, 3.8) is 0 Å². The summed E-state index contributed by atoms with van der Waals surface area (Å²) >= 11 is 0. The highest BCUT2D eigenvalue weighted by atomic mass is 16.5. The molecule has 0 radical (unpaired) electrons. The molecule has 19 heavy (non-hydrogen) atoms. The molecule has 1 aromatic heterocycles. The zero-order chi connectivity index (χ0) is 13.5. The number of aromatic nitrogens is 2. The van der Waals surface area contributed by atoms with Crippen LogP contribution in [-0.2, 0) is 0 Å². The molecule has 0 bridgehead atoms. The summed E-state index contributed by atoms with van der Waals surface area (Å²) in [5.74, 6) is 6.15. The number of anilines is 2. The van der Waals surface area contributed by atoms with Gasteiger partial charge in [0.25, 0.3) is 0 Å². The van der Waals surface area contributed by atoms with Crippen molar-refractivity contribution in [3.8, 4) is 5.88 Å². The Bertz CT molecular complexity index is 556. The SMILES string of the molecule is NNc1cc(OC/C=C/c2ccccc2)nc(N)n1. The van der Waals surface area contributed by atoms with Gasteiger partial charge in [-0.2, -0.15) is 9.97 Å². The van der Waals surface area contributed by atoms with E-state index in [0.717, 1.165) is 5.56 Å². The molecule has 2 rings (SSSR count). The number of hydrazine groups is 1. The number of ether oxygens (including phenoxy) is 1. The van der Waals surface area contributed by atoms with E-state index in [1.54, 1.807) is 6.07 Å². The van der Waals surface area contributed by atoms with Gasteiger partial charge < -0.3 is 15.9 Å². The molecule has 0 aliphatic rings. The predicted octanol–water partition coefficient (Wildman–Crippen LogP) is 1.44. The standard InChI is InChI=1S/C13H15N5O/c14-13-16-11(18-15)9-12(17-13)19-8-4-7-10-5-2-1-3-6-10/h1-7,9H,8,15H2,(H3,14,16,17,18)/b7-4+. The molecule has 1 heterocycles. The third-order valence-corrected chi connectivity index (χ3v) is 2.31. The Morgan fingerprint density at radius 1 is 1.21 bits per heavy atom.